The zero-order valence-electron chi connectivity index (χ0n) is 10.7. The summed E-state index contributed by atoms with van der Waals surface area (Å²) in [6.07, 6.45) is 3.96. The second-order valence-electron chi connectivity index (χ2n) is 5.12. The molecule has 1 aromatic rings. The van der Waals surface area contributed by atoms with E-state index in [1.54, 1.807) is 0 Å². The molecule has 1 heterocycles. The van der Waals surface area contributed by atoms with Gasteiger partial charge < -0.3 is 5.32 Å². The summed E-state index contributed by atoms with van der Waals surface area (Å²) in [6.45, 7) is 1.13. The first kappa shape index (κ1) is 12.9. The molecule has 2 fully saturated rings. The van der Waals surface area contributed by atoms with Crippen LogP contribution in [0.25, 0.3) is 0 Å². The standard InChI is InChI=1S/C15H21NS2/c1-2-4-12(5-3-1)8-9-16-13-6-7-14-15(13)18-11-10-17-14/h1-5,13-16H,6-11H2. The zero-order chi connectivity index (χ0) is 12.2. The summed E-state index contributed by atoms with van der Waals surface area (Å²) in [5, 5.41) is 5.60. The molecule has 0 amide bonds. The van der Waals surface area contributed by atoms with Gasteiger partial charge in [0, 0.05) is 28.0 Å². The minimum Gasteiger partial charge on any atom is -0.313 e. The van der Waals surface area contributed by atoms with Gasteiger partial charge in [-0.2, -0.15) is 23.5 Å². The van der Waals surface area contributed by atoms with Crippen LogP contribution in [0.2, 0.25) is 0 Å². The highest BCUT2D eigenvalue weighted by atomic mass is 32.2. The third-order valence-electron chi connectivity index (χ3n) is 3.91. The molecule has 3 heteroatoms. The molecule has 3 unspecified atom stereocenters. The predicted molar refractivity (Wildman–Crippen MR) is 83.7 cm³/mol. The van der Waals surface area contributed by atoms with Gasteiger partial charge in [0.05, 0.1) is 0 Å². The van der Waals surface area contributed by atoms with E-state index in [1.807, 2.05) is 0 Å². The Hall–Kier alpha value is -0.120. The summed E-state index contributed by atoms with van der Waals surface area (Å²) in [7, 11) is 0. The van der Waals surface area contributed by atoms with Crippen LogP contribution in [0.15, 0.2) is 30.3 Å². The van der Waals surface area contributed by atoms with Gasteiger partial charge in [0.2, 0.25) is 0 Å². The van der Waals surface area contributed by atoms with E-state index in [4.69, 9.17) is 0 Å². The van der Waals surface area contributed by atoms with Crippen LogP contribution < -0.4 is 5.32 Å². The van der Waals surface area contributed by atoms with Gasteiger partial charge >= 0.3 is 0 Å². The van der Waals surface area contributed by atoms with Crippen molar-refractivity contribution in [1.82, 2.24) is 5.32 Å². The van der Waals surface area contributed by atoms with Crippen molar-refractivity contribution < 1.29 is 0 Å². The number of thioether (sulfide) groups is 2. The van der Waals surface area contributed by atoms with Crippen molar-refractivity contribution in [2.75, 3.05) is 18.1 Å². The monoisotopic (exact) mass is 279 g/mol. The van der Waals surface area contributed by atoms with Crippen LogP contribution >= 0.6 is 23.5 Å². The number of hydrogen-bond donors (Lipinski definition) is 1. The Balaban J connectivity index is 1.46. The zero-order valence-corrected chi connectivity index (χ0v) is 12.3. The third kappa shape index (κ3) is 3.06. The van der Waals surface area contributed by atoms with Gasteiger partial charge in [-0.3, -0.25) is 0 Å². The SMILES string of the molecule is c1ccc(CCNC2CCC3SCCSC23)cc1. The largest absolute Gasteiger partial charge is 0.313 e. The predicted octanol–water partition coefficient (Wildman–Crippen LogP) is 3.20. The normalized spacial score (nSPS) is 31.2. The van der Waals surface area contributed by atoms with E-state index in [1.165, 1.54) is 29.9 Å². The van der Waals surface area contributed by atoms with E-state index in [0.717, 1.165) is 29.5 Å². The van der Waals surface area contributed by atoms with Crippen LogP contribution in [-0.2, 0) is 6.42 Å². The van der Waals surface area contributed by atoms with Gasteiger partial charge in [-0.15, -0.1) is 0 Å². The first-order valence-corrected chi connectivity index (χ1v) is 9.04. The Kier molecular flexibility index (Phi) is 4.55. The molecule has 3 rings (SSSR count). The summed E-state index contributed by atoms with van der Waals surface area (Å²) in [5.41, 5.74) is 1.45. The molecule has 1 saturated heterocycles. The van der Waals surface area contributed by atoms with E-state index in [0.29, 0.717) is 0 Å². The van der Waals surface area contributed by atoms with Gasteiger partial charge in [-0.25, -0.2) is 0 Å². The van der Waals surface area contributed by atoms with Crippen LogP contribution in [0.5, 0.6) is 0 Å². The fourth-order valence-electron chi connectivity index (χ4n) is 2.98. The fourth-order valence-corrected chi connectivity index (χ4v) is 6.30. The second-order valence-corrected chi connectivity index (χ2v) is 7.75. The maximum absolute atomic E-state index is 3.80. The van der Waals surface area contributed by atoms with Gasteiger partial charge in [0.15, 0.2) is 0 Å². The molecule has 0 spiro atoms. The average Bonchev–Trinajstić information content (AvgIpc) is 2.84. The van der Waals surface area contributed by atoms with Crippen LogP contribution in [0, 0.1) is 0 Å². The lowest BCUT2D eigenvalue weighted by Crippen LogP contribution is -2.39. The number of nitrogens with one attached hydrogen (secondary N) is 1. The summed E-state index contributed by atoms with van der Waals surface area (Å²) in [6, 6.07) is 11.6. The minimum atomic E-state index is 0.761. The lowest BCUT2D eigenvalue weighted by molar-refractivity contribution is 0.536. The lowest BCUT2D eigenvalue weighted by atomic mass is 10.1. The number of fused-ring (bicyclic) bond motifs is 1. The molecule has 1 N–H and O–H groups in total. The van der Waals surface area contributed by atoms with Crippen LogP contribution in [0.1, 0.15) is 18.4 Å². The molecule has 1 saturated carbocycles. The van der Waals surface area contributed by atoms with Gasteiger partial charge in [0.25, 0.3) is 0 Å². The molecular formula is C15H21NS2. The molecule has 3 atom stereocenters. The van der Waals surface area contributed by atoms with Gasteiger partial charge in [0.1, 0.15) is 0 Å². The van der Waals surface area contributed by atoms with E-state index >= 15 is 0 Å². The lowest BCUT2D eigenvalue weighted by Gasteiger charge is -2.28. The molecule has 1 nitrogen and oxygen atoms in total. The molecule has 0 bridgehead atoms. The van der Waals surface area contributed by atoms with Crippen molar-refractivity contribution in [3.63, 3.8) is 0 Å². The Morgan fingerprint density at radius 1 is 1.06 bits per heavy atom. The molecule has 0 radical (unpaired) electrons. The van der Waals surface area contributed by atoms with Crippen molar-refractivity contribution >= 4 is 23.5 Å². The van der Waals surface area contributed by atoms with Gasteiger partial charge in [-0.1, -0.05) is 30.3 Å². The molecule has 1 aromatic carbocycles. The Morgan fingerprint density at radius 2 is 1.89 bits per heavy atom. The van der Waals surface area contributed by atoms with E-state index < -0.39 is 0 Å². The third-order valence-corrected chi connectivity index (χ3v) is 7.22. The maximum atomic E-state index is 3.80. The van der Waals surface area contributed by atoms with Crippen LogP contribution in [0.3, 0.4) is 0 Å². The summed E-state index contributed by atoms with van der Waals surface area (Å²) in [5.74, 6) is 2.71. The molecule has 0 aromatic heterocycles. The summed E-state index contributed by atoms with van der Waals surface area (Å²) >= 11 is 4.41. The highest BCUT2D eigenvalue weighted by molar-refractivity contribution is 8.07. The second kappa shape index (κ2) is 6.36. The average molecular weight is 279 g/mol. The molecule has 1 aliphatic carbocycles. The molecular weight excluding hydrogens is 258 g/mol. The molecule has 98 valence electrons. The number of benzene rings is 1. The Morgan fingerprint density at radius 3 is 2.78 bits per heavy atom. The highest BCUT2D eigenvalue weighted by Crippen LogP contribution is 2.41. The van der Waals surface area contributed by atoms with E-state index in [-0.39, 0.29) is 0 Å². The Bertz CT molecular complexity index is 368. The number of hydrogen-bond acceptors (Lipinski definition) is 3. The van der Waals surface area contributed by atoms with E-state index in [9.17, 15) is 0 Å². The van der Waals surface area contributed by atoms with Crippen LogP contribution in [-0.4, -0.2) is 34.6 Å². The van der Waals surface area contributed by atoms with Crippen molar-refractivity contribution in [3.8, 4) is 0 Å². The van der Waals surface area contributed by atoms with E-state index in [2.05, 4.69) is 59.2 Å². The molecule has 18 heavy (non-hydrogen) atoms. The van der Waals surface area contributed by atoms with Crippen molar-refractivity contribution in [3.05, 3.63) is 35.9 Å². The highest BCUT2D eigenvalue weighted by Gasteiger charge is 2.38. The topological polar surface area (TPSA) is 12.0 Å². The number of rotatable bonds is 4. The quantitative estimate of drug-likeness (QED) is 0.909. The van der Waals surface area contributed by atoms with Crippen molar-refractivity contribution in [2.24, 2.45) is 0 Å². The first-order chi connectivity index (χ1) is 8.93. The summed E-state index contributed by atoms with van der Waals surface area (Å²) in [4.78, 5) is 0. The smallest absolute Gasteiger partial charge is 0.0320 e. The first-order valence-electron chi connectivity index (χ1n) is 6.94. The molecule has 2 aliphatic rings. The van der Waals surface area contributed by atoms with Gasteiger partial charge in [-0.05, 0) is 31.4 Å². The van der Waals surface area contributed by atoms with Crippen LogP contribution in [0.4, 0.5) is 0 Å². The fraction of sp³-hybridized carbons (Fsp3) is 0.600. The molecule has 1 aliphatic heterocycles. The minimum absolute atomic E-state index is 0.761. The van der Waals surface area contributed by atoms with Crippen molar-refractivity contribution in [1.29, 1.82) is 0 Å². The summed E-state index contributed by atoms with van der Waals surface area (Å²) < 4.78 is 0. The Labute approximate surface area is 119 Å². The van der Waals surface area contributed by atoms with Crippen molar-refractivity contribution in [2.45, 2.75) is 35.8 Å². The maximum Gasteiger partial charge on any atom is 0.0320 e.